The fourth-order valence-corrected chi connectivity index (χ4v) is 8.07. The van der Waals surface area contributed by atoms with E-state index in [0.29, 0.717) is 38.9 Å². The van der Waals surface area contributed by atoms with Gasteiger partial charge in [0.05, 0.1) is 46.5 Å². The molecule has 0 saturated carbocycles. The third-order valence-corrected chi connectivity index (χ3v) is 9.76. The number of aromatic nitrogens is 1. The van der Waals surface area contributed by atoms with E-state index in [-0.39, 0.29) is 29.8 Å². The van der Waals surface area contributed by atoms with Crippen LogP contribution < -0.4 is 20.9 Å². The third kappa shape index (κ3) is 4.78. The number of nitrogens with one attached hydrogen (secondary N) is 3. The van der Waals surface area contributed by atoms with Gasteiger partial charge in [0.1, 0.15) is 0 Å². The van der Waals surface area contributed by atoms with Crippen LogP contribution in [0.3, 0.4) is 0 Å². The quantitative estimate of drug-likeness (QED) is 0.393. The van der Waals surface area contributed by atoms with Gasteiger partial charge in [-0.2, -0.15) is 0 Å². The SMILES string of the molecule is O=C(CCCC[C@@H]1[C@H]2NC(=O)N[C@@H]2CS1(=O)=O)Nc1ccc2nc(N3CCOCC3)sc2c1. The number of thiazole rings is 1. The molecule has 4 heterocycles. The molecule has 1 aromatic heterocycles. The predicted molar refractivity (Wildman–Crippen MR) is 127 cm³/mol. The molecule has 0 bridgehead atoms. The van der Waals surface area contributed by atoms with Crippen molar-refractivity contribution in [2.45, 2.75) is 43.0 Å². The minimum Gasteiger partial charge on any atom is -0.378 e. The van der Waals surface area contributed by atoms with E-state index in [4.69, 9.17) is 9.72 Å². The molecule has 0 radical (unpaired) electrons. The molecule has 12 heteroatoms. The van der Waals surface area contributed by atoms with Gasteiger partial charge in [0.15, 0.2) is 15.0 Å². The molecular formula is C21H27N5O5S2. The highest BCUT2D eigenvalue weighted by atomic mass is 32.2. The molecule has 2 aromatic rings. The number of anilines is 2. The zero-order valence-electron chi connectivity index (χ0n) is 18.1. The number of carbonyl (C=O) groups excluding carboxylic acids is 2. The Balaban J connectivity index is 1.12. The summed E-state index contributed by atoms with van der Waals surface area (Å²) in [5.74, 6) is -0.121. The van der Waals surface area contributed by atoms with Crippen LogP contribution in [-0.4, -0.2) is 74.7 Å². The number of amides is 3. The summed E-state index contributed by atoms with van der Waals surface area (Å²) in [5, 5.41) is 8.70. The summed E-state index contributed by atoms with van der Waals surface area (Å²) >= 11 is 1.60. The van der Waals surface area contributed by atoms with E-state index < -0.39 is 15.1 Å². The van der Waals surface area contributed by atoms with E-state index in [2.05, 4.69) is 20.9 Å². The number of fused-ring (bicyclic) bond motifs is 2. The number of rotatable bonds is 7. The smallest absolute Gasteiger partial charge is 0.315 e. The number of ether oxygens (including phenoxy) is 1. The zero-order chi connectivity index (χ0) is 23.0. The first-order valence-corrected chi connectivity index (χ1v) is 13.7. The summed E-state index contributed by atoms with van der Waals surface area (Å²) in [6.07, 6.45) is 1.94. The van der Waals surface area contributed by atoms with Crippen molar-refractivity contribution >= 4 is 54.1 Å². The van der Waals surface area contributed by atoms with E-state index in [1.165, 1.54) is 0 Å². The van der Waals surface area contributed by atoms with E-state index >= 15 is 0 Å². The van der Waals surface area contributed by atoms with Crippen molar-refractivity contribution in [2.24, 2.45) is 0 Å². The van der Waals surface area contributed by atoms with E-state index in [9.17, 15) is 18.0 Å². The van der Waals surface area contributed by atoms with Crippen molar-refractivity contribution in [1.29, 1.82) is 0 Å². The molecule has 3 aliphatic rings. The van der Waals surface area contributed by atoms with E-state index in [1.807, 2.05) is 18.2 Å². The first-order valence-electron chi connectivity index (χ1n) is 11.2. The number of nitrogens with zero attached hydrogens (tertiary/aromatic N) is 2. The number of carbonyl (C=O) groups is 2. The second-order valence-electron chi connectivity index (χ2n) is 8.69. The highest BCUT2D eigenvalue weighted by Gasteiger charge is 2.51. The van der Waals surface area contributed by atoms with Crippen molar-refractivity contribution in [3.63, 3.8) is 0 Å². The minimum atomic E-state index is -3.24. The van der Waals surface area contributed by atoms with Crippen molar-refractivity contribution in [3.05, 3.63) is 18.2 Å². The second kappa shape index (κ2) is 9.07. The van der Waals surface area contributed by atoms with Gasteiger partial charge in [-0.3, -0.25) is 4.79 Å². The number of hydrogen-bond donors (Lipinski definition) is 3. The maximum absolute atomic E-state index is 12.4. The van der Waals surface area contributed by atoms with Gasteiger partial charge in [0.2, 0.25) is 5.91 Å². The van der Waals surface area contributed by atoms with Gasteiger partial charge in [0, 0.05) is 25.2 Å². The number of hydrogen-bond acceptors (Lipinski definition) is 8. The normalized spacial score (nSPS) is 26.1. The lowest BCUT2D eigenvalue weighted by Crippen LogP contribution is -2.39. The number of unbranched alkanes of at least 4 members (excludes halogenated alkanes) is 1. The fraction of sp³-hybridized carbons (Fsp3) is 0.571. The summed E-state index contributed by atoms with van der Waals surface area (Å²) in [7, 11) is -3.24. The minimum absolute atomic E-state index is 0.0190. The van der Waals surface area contributed by atoms with Crippen molar-refractivity contribution in [2.75, 3.05) is 42.3 Å². The summed E-state index contributed by atoms with van der Waals surface area (Å²) in [6, 6.07) is 4.68. The average molecular weight is 494 g/mol. The Morgan fingerprint density at radius 3 is 2.88 bits per heavy atom. The molecule has 3 fully saturated rings. The maximum atomic E-state index is 12.4. The number of benzene rings is 1. The summed E-state index contributed by atoms with van der Waals surface area (Å²) in [5.41, 5.74) is 1.63. The summed E-state index contributed by atoms with van der Waals surface area (Å²) < 4.78 is 31.2. The first kappa shape index (κ1) is 22.4. The Hall–Kier alpha value is -2.44. The Kier molecular flexibility index (Phi) is 6.14. The fourth-order valence-electron chi connectivity index (χ4n) is 4.74. The van der Waals surface area contributed by atoms with Crippen LogP contribution in [0.2, 0.25) is 0 Å². The van der Waals surface area contributed by atoms with Crippen LogP contribution in [0.15, 0.2) is 18.2 Å². The van der Waals surface area contributed by atoms with Crippen molar-refractivity contribution in [1.82, 2.24) is 15.6 Å². The Morgan fingerprint density at radius 2 is 2.06 bits per heavy atom. The first-order chi connectivity index (χ1) is 15.9. The lowest BCUT2D eigenvalue weighted by molar-refractivity contribution is -0.116. The van der Waals surface area contributed by atoms with Crippen LogP contribution in [-0.2, 0) is 19.4 Å². The highest BCUT2D eigenvalue weighted by Crippen LogP contribution is 2.31. The average Bonchev–Trinajstić information content (AvgIpc) is 3.42. The molecule has 0 aliphatic carbocycles. The molecule has 3 saturated heterocycles. The van der Waals surface area contributed by atoms with Gasteiger partial charge in [-0.1, -0.05) is 17.8 Å². The Labute approximate surface area is 196 Å². The van der Waals surface area contributed by atoms with Crippen LogP contribution in [0.1, 0.15) is 25.7 Å². The van der Waals surface area contributed by atoms with Gasteiger partial charge < -0.3 is 25.6 Å². The molecule has 10 nitrogen and oxygen atoms in total. The van der Waals surface area contributed by atoms with E-state index in [1.54, 1.807) is 11.3 Å². The van der Waals surface area contributed by atoms with Crippen LogP contribution in [0.5, 0.6) is 0 Å². The number of morpholine rings is 1. The molecule has 178 valence electrons. The molecule has 3 aliphatic heterocycles. The molecule has 5 rings (SSSR count). The Morgan fingerprint density at radius 1 is 1.24 bits per heavy atom. The molecular weight excluding hydrogens is 466 g/mol. The standard InChI is InChI=1S/C21H27N5O5S2/c27-18(4-2-1-3-17-19-15(12-33(17,29)30)23-20(28)25-19)22-13-5-6-14-16(11-13)32-21(24-14)26-7-9-31-10-8-26/h5-6,11,15,17,19H,1-4,7-10,12H2,(H,22,27)(H2,23,25,28)/t15-,17-,19+/m1/s1. The molecule has 3 amide bonds. The van der Waals surface area contributed by atoms with Crippen LogP contribution in [0, 0.1) is 0 Å². The van der Waals surface area contributed by atoms with Gasteiger partial charge in [-0.25, -0.2) is 18.2 Å². The topological polar surface area (TPSA) is 130 Å². The zero-order valence-corrected chi connectivity index (χ0v) is 19.7. The summed E-state index contributed by atoms with van der Waals surface area (Å²) in [6.45, 7) is 3.07. The van der Waals surface area contributed by atoms with Crippen LogP contribution in [0.25, 0.3) is 10.2 Å². The van der Waals surface area contributed by atoms with Crippen LogP contribution in [0.4, 0.5) is 15.6 Å². The number of sulfone groups is 1. The van der Waals surface area contributed by atoms with E-state index in [0.717, 1.165) is 34.1 Å². The lowest BCUT2D eigenvalue weighted by atomic mass is 10.0. The van der Waals surface area contributed by atoms with Crippen molar-refractivity contribution < 1.29 is 22.7 Å². The molecule has 33 heavy (non-hydrogen) atoms. The monoisotopic (exact) mass is 493 g/mol. The maximum Gasteiger partial charge on any atom is 0.315 e. The third-order valence-electron chi connectivity index (χ3n) is 6.41. The lowest BCUT2D eigenvalue weighted by Gasteiger charge is -2.25. The van der Waals surface area contributed by atoms with Gasteiger partial charge in [-0.15, -0.1) is 0 Å². The van der Waals surface area contributed by atoms with Gasteiger partial charge in [-0.05, 0) is 31.0 Å². The van der Waals surface area contributed by atoms with Gasteiger partial charge >= 0.3 is 6.03 Å². The largest absolute Gasteiger partial charge is 0.378 e. The van der Waals surface area contributed by atoms with Crippen molar-refractivity contribution in [3.8, 4) is 0 Å². The number of urea groups is 1. The highest BCUT2D eigenvalue weighted by molar-refractivity contribution is 7.92. The second-order valence-corrected chi connectivity index (χ2v) is 12.0. The molecule has 3 atom stereocenters. The Bertz CT molecular complexity index is 1160. The predicted octanol–water partition coefficient (Wildman–Crippen LogP) is 1.48. The summed E-state index contributed by atoms with van der Waals surface area (Å²) in [4.78, 5) is 30.8. The van der Waals surface area contributed by atoms with Gasteiger partial charge in [0.25, 0.3) is 0 Å². The molecule has 0 spiro atoms. The molecule has 0 unspecified atom stereocenters. The molecule has 1 aromatic carbocycles. The molecule has 3 N–H and O–H groups in total. The van der Waals surface area contributed by atoms with Crippen LogP contribution >= 0.6 is 11.3 Å².